The molecule has 7 heteroatoms. The van der Waals surface area contributed by atoms with Gasteiger partial charge in [0, 0.05) is 44.0 Å². The lowest BCUT2D eigenvalue weighted by atomic mass is 10.1. The first kappa shape index (κ1) is 23.3. The Balaban J connectivity index is 1.42. The summed E-state index contributed by atoms with van der Waals surface area (Å²) >= 11 is 0. The Kier molecular flexibility index (Phi) is 7.00. The number of anilines is 1. The van der Waals surface area contributed by atoms with Gasteiger partial charge in [-0.15, -0.1) is 0 Å². The minimum absolute atomic E-state index is 0.0114. The normalized spacial score (nSPS) is 18.1. The molecular weight excluding hydrogens is 434 g/mol. The Morgan fingerprint density at radius 1 is 1.09 bits per heavy atom. The maximum atomic E-state index is 13.0. The number of allylic oxidation sites excluding steroid dienone is 2. The lowest BCUT2D eigenvalue weighted by Gasteiger charge is -2.34. The number of carbonyl (C=O) groups excluding carboxylic acids is 1. The molecule has 0 radical (unpaired) electrons. The van der Waals surface area contributed by atoms with Gasteiger partial charge in [-0.25, -0.2) is 8.42 Å². The zero-order valence-electron chi connectivity index (χ0n) is 19.0. The topological polar surface area (TPSA) is 69.7 Å². The smallest absolute Gasteiger partial charge is 0.262 e. The molecule has 1 saturated heterocycles. The number of amides is 1. The summed E-state index contributed by atoms with van der Waals surface area (Å²) in [7, 11) is -3.81. The van der Waals surface area contributed by atoms with Crippen LogP contribution in [-0.4, -0.2) is 56.8 Å². The molecule has 0 aromatic heterocycles. The molecule has 1 aliphatic heterocycles. The third-order valence-corrected chi connectivity index (χ3v) is 7.65. The van der Waals surface area contributed by atoms with Crippen LogP contribution in [0, 0.1) is 5.92 Å². The van der Waals surface area contributed by atoms with Crippen LogP contribution in [-0.2, 0) is 10.0 Å². The maximum Gasteiger partial charge on any atom is 0.262 e. The van der Waals surface area contributed by atoms with Gasteiger partial charge in [0.15, 0.2) is 0 Å². The van der Waals surface area contributed by atoms with E-state index in [-0.39, 0.29) is 10.8 Å². The van der Waals surface area contributed by atoms with Crippen molar-refractivity contribution in [3.05, 3.63) is 70.6 Å². The molecule has 2 aromatic carbocycles. The zero-order valence-corrected chi connectivity index (χ0v) is 19.9. The molecule has 0 atom stereocenters. The molecule has 0 spiro atoms. The summed E-state index contributed by atoms with van der Waals surface area (Å²) < 4.78 is 28.5. The Bertz CT molecular complexity index is 1240. The number of nitrogens with one attached hydrogen (secondary N) is 1. The van der Waals surface area contributed by atoms with Gasteiger partial charge in [0.05, 0.1) is 4.90 Å². The molecule has 2 aromatic rings. The number of rotatable bonds is 7. The average molecular weight is 466 g/mol. The van der Waals surface area contributed by atoms with Crippen LogP contribution in [0.15, 0.2) is 59.5 Å². The van der Waals surface area contributed by atoms with Crippen molar-refractivity contribution in [3.8, 4) is 0 Å². The van der Waals surface area contributed by atoms with Gasteiger partial charge >= 0.3 is 0 Å². The van der Waals surface area contributed by atoms with E-state index in [1.54, 1.807) is 36.4 Å². The summed E-state index contributed by atoms with van der Waals surface area (Å²) in [6.07, 6.45) is 8.22. The summed E-state index contributed by atoms with van der Waals surface area (Å²) in [6.45, 7) is 10.3. The number of hydrogen-bond acceptors (Lipinski definition) is 4. The quantitative estimate of drug-likeness (QED) is 0.682. The third-order valence-electron chi connectivity index (χ3n) is 6.18. The molecule has 6 nitrogen and oxygen atoms in total. The number of piperazine rings is 1. The fourth-order valence-corrected chi connectivity index (χ4v) is 5.32. The summed E-state index contributed by atoms with van der Waals surface area (Å²) in [5, 5.41) is 1.19. The van der Waals surface area contributed by atoms with Crippen LogP contribution < -0.4 is 15.2 Å². The molecule has 174 valence electrons. The fraction of sp³-hybridized carbons (Fsp3) is 0.346. The second-order valence-electron chi connectivity index (χ2n) is 8.74. The van der Waals surface area contributed by atoms with Crippen LogP contribution in [0.1, 0.15) is 30.1 Å². The average Bonchev–Trinajstić information content (AvgIpc) is 3.62. The lowest BCUT2D eigenvalue weighted by Crippen LogP contribution is -2.49. The highest BCUT2D eigenvalue weighted by atomic mass is 32.2. The monoisotopic (exact) mass is 465 g/mol. The van der Waals surface area contributed by atoms with Gasteiger partial charge in [-0.2, -0.15) is 0 Å². The van der Waals surface area contributed by atoms with E-state index in [2.05, 4.69) is 16.2 Å². The van der Waals surface area contributed by atoms with Crippen molar-refractivity contribution in [3.63, 3.8) is 0 Å². The number of benzene rings is 2. The molecule has 1 aliphatic carbocycles. The second-order valence-corrected chi connectivity index (χ2v) is 10.4. The van der Waals surface area contributed by atoms with Gasteiger partial charge in [-0.1, -0.05) is 36.9 Å². The number of hydrogen-bond donors (Lipinski definition) is 1. The minimum atomic E-state index is -3.81. The second kappa shape index (κ2) is 9.93. The van der Waals surface area contributed by atoms with Gasteiger partial charge in [-0.3, -0.25) is 14.4 Å². The van der Waals surface area contributed by atoms with Crippen LogP contribution in [0.5, 0.6) is 0 Å². The Hall–Kier alpha value is -2.90. The van der Waals surface area contributed by atoms with Crippen molar-refractivity contribution in [2.75, 3.05) is 37.4 Å². The van der Waals surface area contributed by atoms with E-state index in [1.165, 1.54) is 12.8 Å². The van der Waals surface area contributed by atoms with Crippen LogP contribution in [0.4, 0.5) is 5.69 Å². The van der Waals surface area contributed by atoms with Gasteiger partial charge < -0.3 is 4.90 Å². The zero-order chi connectivity index (χ0) is 23.4. The summed E-state index contributed by atoms with van der Waals surface area (Å²) in [5.41, 5.74) is 0.970. The van der Waals surface area contributed by atoms with Crippen molar-refractivity contribution >= 4 is 34.3 Å². The van der Waals surface area contributed by atoms with Crippen LogP contribution in [0.25, 0.3) is 12.7 Å². The standard InChI is InChI=1S/C26H31N3O3S/c1-3-4-6-22-7-5-8-25(20(22)2)33(31,32)27-24-13-11-23(12-14-24)26(30)29-17-15-28(16-18-29)19-21-9-10-21/h3-8,11-14,21,27H,2,9-10,15-19H2,1H3/b4-3-,22-6-. The molecule has 1 N–H and O–H groups in total. The molecule has 2 fully saturated rings. The maximum absolute atomic E-state index is 13.0. The molecule has 33 heavy (non-hydrogen) atoms. The Morgan fingerprint density at radius 2 is 1.79 bits per heavy atom. The molecule has 0 unspecified atom stereocenters. The van der Waals surface area contributed by atoms with Crippen LogP contribution >= 0.6 is 0 Å². The first-order chi connectivity index (χ1) is 15.9. The van der Waals surface area contributed by atoms with Gasteiger partial charge in [0.25, 0.3) is 15.9 Å². The molecular formula is C26H31N3O3S. The number of sulfonamides is 1. The van der Waals surface area contributed by atoms with E-state index in [4.69, 9.17) is 0 Å². The predicted octanol–water partition coefficient (Wildman–Crippen LogP) is 2.42. The SMILES string of the molecule is C=c1c(S(=O)(=O)Nc2ccc(C(=O)N3CCN(CC4CC4)CC3)cc2)ccc/c1=C/C=C\C. The van der Waals surface area contributed by atoms with Crippen LogP contribution in [0.2, 0.25) is 0 Å². The Morgan fingerprint density at radius 3 is 2.42 bits per heavy atom. The van der Waals surface area contributed by atoms with Crippen molar-refractivity contribution in [1.29, 1.82) is 0 Å². The molecule has 1 heterocycles. The highest BCUT2D eigenvalue weighted by Crippen LogP contribution is 2.30. The van der Waals surface area contributed by atoms with Crippen LogP contribution in [0.3, 0.4) is 0 Å². The molecule has 0 bridgehead atoms. The minimum Gasteiger partial charge on any atom is -0.336 e. The van der Waals surface area contributed by atoms with E-state index in [1.807, 2.05) is 36.1 Å². The molecule has 1 saturated carbocycles. The van der Waals surface area contributed by atoms with E-state index in [9.17, 15) is 13.2 Å². The van der Waals surface area contributed by atoms with E-state index in [0.717, 1.165) is 43.9 Å². The van der Waals surface area contributed by atoms with Gasteiger partial charge in [0.2, 0.25) is 0 Å². The summed E-state index contributed by atoms with van der Waals surface area (Å²) in [4.78, 5) is 17.3. The van der Waals surface area contributed by atoms with E-state index in [0.29, 0.717) is 16.5 Å². The van der Waals surface area contributed by atoms with E-state index < -0.39 is 10.0 Å². The predicted molar refractivity (Wildman–Crippen MR) is 133 cm³/mol. The van der Waals surface area contributed by atoms with Crippen molar-refractivity contribution < 1.29 is 13.2 Å². The van der Waals surface area contributed by atoms with Crippen molar-refractivity contribution in [2.45, 2.75) is 24.7 Å². The molecule has 4 rings (SSSR count). The largest absolute Gasteiger partial charge is 0.336 e. The van der Waals surface area contributed by atoms with E-state index >= 15 is 0 Å². The highest BCUT2D eigenvalue weighted by molar-refractivity contribution is 7.92. The van der Waals surface area contributed by atoms with Gasteiger partial charge in [0.1, 0.15) is 0 Å². The first-order valence-corrected chi connectivity index (χ1v) is 12.9. The molecule has 1 amide bonds. The Labute approximate surface area is 196 Å². The summed E-state index contributed by atoms with van der Waals surface area (Å²) in [5.74, 6) is 0.847. The lowest BCUT2D eigenvalue weighted by molar-refractivity contribution is 0.0632. The van der Waals surface area contributed by atoms with Crippen molar-refractivity contribution in [2.24, 2.45) is 5.92 Å². The first-order valence-electron chi connectivity index (χ1n) is 11.4. The number of carbonyl (C=O) groups is 1. The number of nitrogens with zero attached hydrogens (tertiary/aromatic N) is 2. The van der Waals surface area contributed by atoms with Gasteiger partial charge in [-0.05, 0) is 66.5 Å². The van der Waals surface area contributed by atoms with Crippen molar-refractivity contribution in [1.82, 2.24) is 9.80 Å². The summed E-state index contributed by atoms with van der Waals surface area (Å²) in [6, 6.07) is 11.7. The molecule has 2 aliphatic rings. The third kappa shape index (κ3) is 5.72. The highest BCUT2D eigenvalue weighted by Gasteiger charge is 2.28. The fourth-order valence-electron chi connectivity index (χ4n) is 4.06.